The molecule has 0 spiro atoms. The van der Waals surface area contributed by atoms with E-state index in [9.17, 15) is 4.79 Å². The maximum atomic E-state index is 12.7. The highest BCUT2D eigenvalue weighted by Gasteiger charge is 2.24. The Hall–Kier alpha value is -2.82. The minimum Gasteiger partial charge on any atom is -0.368 e. The van der Waals surface area contributed by atoms with Crippen molar-refractivity contribution < 1.29 is 4.79 Å². The fourth-order valence-electron chi connectivity index (χ4n) is 3.17. The number of rotatable bonds is 2. The lowest BCUT2D eigenvalue weighted by Gasteiger charge is -2.35. The second-order valence-electron chi connectivity index (χ2n) is 6.21. The monoisotopic (exact) mass is 320 g/mol. The summed E-state index contributed by atoms with van der Waals surface area (Å²) in [7, 11) is 0. The van der Waals surface area contributed by atoms with E-state index < -0.39 is 0 Å². The molecule has 5 heteroatoms. The first-order valence-electron chi connectivity index (χ1n) is 8.25. The molecule has 2 aromatic heterocycles. The van der Waals surface area contributed by atoms with Crippen LogP contribution in [-0.4, -0.2) is 46.4 Å². The van der Waals surface area contributed by atoms with Gasteiger partial charge in [-0.2, -0.15) is 0 Å². The SMILES string of the molecule is Cc1ccc2nc(C(=O)N3CCN(c4ccccc4)CC3)cn2c1. The number of fused-ring (bicyclic) bond motifs is 1. The summed E-state index contributed by atoms with van der Waals surface area (Å²) in [6.45, 7) is 5.18. The minimum atomic E-state index is 0.0177. The Balaban J connectivity index is 1.47. The Morgan fingerprint density at radius 1 is 0.958 bits per heavy atom. The minimum absolute atomic E-state index is 0.0177. The van der Waals surface area contributed by atoms with Crippen molar-refractivity contribution in [2.24, 2.45) is 0 Å². The number of carbonyl (C=O) groups excluding carboxylic acids is 1. The van der Waals surface area contributed by atoms with Crippen molar-refractivity contribution in [2.75, 3.05) is 31.1 Å². The standard InChI is InChI=1S/C19H20N4O/c1-15-7-8-18-20-17(14-23(18)13-15)19(24)22-11-9-21(10-12-22)16-5-3-2-4-6-16/h2-8,13-14H,9-12H2,1H3. The van der Waals surface area contributed by atoms with Crippen LogP contribution >= 0.6 is 0 Å². The van der Waals surface area contributed by atoms with E-state index in [4.69, 9.17) is 0 Å². The second-order valence-corrected chi connectivity index (χ2v) is 6.21. The van der Waals surface area contributed by atoms with E-state index in [2.05, 4.69) is 22.0 Å². The summed E-state index contributed by atoms with van der Waals surface area (Å²) in [4.78, 5) is 21.4. The Morgan fingerprint density at radius 3 is 2.46 bits per heavy atom. The molecule has 1 aromatic carbocycles. The number of aryl methyl sites for hydroxylation is 1. The average Bonchev–Trinajstić information content (AvgIpc) is 3.05. The summed E-state index contributed by atoms with van der Waals surface area (Å²) in [5.41, 5.74) is 3.70. The van der Waals surface area contributed by atoms with Crippen LogP contribution in [0.15, 0.2) is 54.9 Å². The number of anilines is 1. The summed E-state index contributed by atoms with van der Waals surface area (Å²) >= 11 is 0. The quantitative estimate of drug-likeness (QED) is 0.729. The van der Waals surface area contributed by atoms with Crippen molar-refractivity contribution in [3.05, 3.63) is 66.1 Å². The first-order chi connectivity index (χ1) is 11.7. The van der Waals surface area contributed by atoms with Gasteiger partial charge in [-0.1, -0.05) is 24.3 Å². The van der Waals surface area contributed by atoms with Gasteiger partial charge in [-0.05, 0) is 30.7 Å². The average molecular weight is 320 g/mol. The van der Waals surface area contributed by atoms with Crippen LogP contribution in [0.25, 0.3) is 5.65 Å². The van der Waals surface area contributed by atoms with Gasteiger partial charge >= 0.3 is 0 Å². The van der Waals surface area contributed by atoms with E-state index in [1.165, 1.54) is 5.69 Å². The molecule has 1 aliphatic heterocycles. The normalized spacial score (nSPS) is 15.0. The zero-order valence-electron chi connectivity index (χ0n) is 13.7. The van der Waals surface area contributed by atoms with Crippen LogP contribution in [-0.2, 0) is 0 Å². The molecule has 0 atom stereocenters. The molecule has 24 heavy (non-hydrogen) atoms. The molecule has 0 N–H and O–H groups in total. The lowest BCUT2D eigenvalue weighted by Crippen LogP contribution is -2.48. The van der Waals surface area contributed by atoms with E-state index in [1.807, 2.05) is 58.9 Å². The highest BCUT2D eigenvalue weighted by atomic mass is 16.2. The van der Waals surface area contributed by atoms with E-state index in [-0.39, 0.29) is 5.91 Å². The van der Waals surface area contributed by atoms with Crippen LogP contribution in [0.3, 0.4) is 0 Å². The highest BCUT2D eigenvalue weighted by Crippen LogP contribution is 2.17. The van der Waals surface area contributed by atoms with Gasteiger partial charge in [0.2, 0.25) is 0 Å². The molecular formula is C19H20N4O. The van der Waals surface area contributed by atoms with Gasteiger partial charge in [0.25, 0.3) is 5.91 Å². The molecule has 0 saturated carbocycles. The van der Waals surface area contributed by atoms with Crippen molar-refractivity contribution in [3.63, 3.8) is 0 Å². The number of hydrogen-bond acceptors (Lipinski definition) is 3. The van der Waals surface area contributed by atoms with Gasteiger partial charge in [-0.15, -0.1) is 0 Å². The molecule has 1 saturated heterocycles. The maximum absolute atomic E-state index is 12.7. The van der Waals surface area contributed by atoms with Crippen molar-refractivity contribution >= 4 is 17.2 Å². The summed E-state index contributed by atoms with van der Waals surface area (Å²) < 4.78 is 1.92. The number of imidazole rings is 1. The lowest BCUT2D eigenvalue weighted by molar-refractivity contribution is 0.0741. The fourth-order valence-corrected chi connectivity index (χ4v) is 3.17. The smallest absolute Gasteiger partial charge is 0.274 e. The van der Waals surface area contributed by atoms with Crippen LogP contribution in [0, 0.1) is 6.92 Å². The Kier molecular flexibility index (Phi) is 3.69. The molecule has 3 heterocycles. The molecule has 3 aromatic rings. The number of carbonyl (C=O) groups is 1. The molecular weight excluding hydrogens is 300 g/mol. The number of piperazine rings is 1. The van der Waals surface area contributed by atoms with Gasteiger partial charge in [-0.3, -0.25) is 4.79 Å². The molecule has 4 rings (SSSR count). The van der Waals surface area contributed by atoms with Gasteiger partial charge < -0.3 is 14.2 Å². The van der Waals surface area contributed by atoms with Gasteiger partial charge in [0, 0.05) is 44.3 Å². The van der Waals surface area contributed by atoms with Crippen LogP contribution in [0.4, 0.5) is 5.69 Å². The molecule has 5 nitrogen and oxygen atoms in total. The van der Waals surface area contributed by atoms with E-state index >= 15 is 0 Å². The Labute approximate surface area is 141 Å². The number of para-hydroxylation sites is 1. The van der Waals surface area contributed by atoms with Crippen LogP contribution in [0.1, 0.15) is 16.1 Å². The van der Waals surface area contributed by atoms with Crippen molar-refractivity contribution in [2.45, 2.75) is 6.92 Å². The largest absolute Gasteiger partial charge is 0.368 e. The van der Waals surface area contributed by atoms with Gasteiger partial charge in [0.05, 0.1) is 0 Å². The van der Waals surface area contributed by atoms with Gasteiger partial charge in [0.15, 0.2) is 0 Å². The molecule has 1 aliphatic rings. The molecule has 1 fully saturated rings. The molecule has 0 radical (unpaired) electrons. The third kappa shape index (κ3) is 2.73. The Bertz CT molecular complexity index is 863. The number of benzene rings is 1. The van der Waals surface area contributed by atoms with Gasteiger partial charge in [-0.25, -0.2) is 4.98 Å². The lowest BCUT2D eigenvalue weighted by atomic mass is 10.2. The third-order valence-electron chi connectivity index (χ3n) is 4.51. The molecule has 122 valence electrons. The molecule has 0 unspecified atom stereocenters. The summed E-state index contributed by atoms with van der Waals surface area (Å²) in [5.74, 6) is 0.0177. The maximum Gasteiger partial charge on any atom is 0.274 e. The number of pyridine rings is 1. The summed E-state index contributed by atoms with van der Waals surface area (Å²) in [6.07, 6.45) is 3.82. The van der Waals surface area contributed by atoms with Crippen LogP contribution < -0.4 is 4.90 Å². The number of nitrogens with zero attached hydrogens (tertiary/aromatic N) is 4. The molecule has 0 bridgehead atoms. The topological polar surface area (TPSA) is 40.9 Å². The highest BCUT2D eigenvalue weighted by molar-refractivity contribution is 5.93. The predicted molar refractivity (Wildman–Crippen MR) is 94.5 cm³/mol. The Morgan fingerprint density at radius 2 is 1.71 bits per heavy atom. The fraction of sp³-hybridized carbons (Fsp3) is 0.263. The number of hydrogen-bond donors (Lipinski definition) is 0. The van der Waals surface area contributed by atoms with E-state index in [0.29, 0.717) is 5.69 Å². The molecule has 1 amide bonds. The summed E-state index contributed by atoms with van der Waals surface area (Å²) in [5, 5.41) is 0. The van der Waals surface area contributed by atoms with Gasteiger partial charge in [0.1, 0.15) is 11.3 Å². The summed E-state index contributed by atoms with van der Waals surface area (Å²) in [6, 6.07) is 14.3. The van der Waals surface area contributed by atoms with E-state index in [0.717, 1.165) is 37.4 Å². The zero-order chi connectivity index (χ0) is 16.5. The first-order valence-corrected chi connectivity index (χ1v) is 8.25. The van der Waals surface area contributed by atoms with Crippen molar-refractivity contribution in [1.29, 1.82) is 0 Å². The predicted octanol–water partition coefficient (Wildman–Crippen LogP) is 2.61. The zero-order valence-corrected chi connectivity index (χ0v) is 13.7. The van der Waals surface area contributed by atoms with Crippen molar-refractivity contribution in [3.8, 4) is 0 Å². The van der Waals surface area contributed by atoms with E-state index in [1.54, 1.807) is 0 Å². The number of aromatic nitrogens is 2. The third-order valence-corrected chi connectivity index (χ3v) is 4.51. The van der Waals surface area contributed by atoms with Crippen molar-refractivity contribution in [1.82, 2.24) is 14.3 Å². The van der Waals surface area contributed by atoms with Crippen LogP contribution in [0.5, 0.6) is 0 Å². The second kappa shape index (κ2) is 6.00. The molecule has 0 aliphatic carbocycles. The number of amides is 1. The first kappa shape index (κ1) is 14.8. The van der Waals surface area contributed by atoms with Crippen LogP contribution in [0.2, 0.25) is 0 Å².